The number of aromatic hydroxyl groups is 1. The van der Waals surface area contributed by atoms with Crippen LogP contribution in [0.25, 0.3) is 10.9 Å². The summed E-state index contributed by atoms with van der Waals surface area (Å²) in [5.74, 6) is -1.31. The minimum Gasteiger partial charge on any atom is -0.493 e. The van der Waals surface area contributed by atoms with Gasteiger partial charge in [-0.25, -0.2) is 4.39 Å². The predicted molar refractivity (Wildman–Crippen MR) is 80.2 cm³/mol. The zero-order valence-electron chi connectivity index (χ0n) is 11.0. The van der Waals surface area contributed by atoms with Crippen molar-refractivity contribution in [1.29, 1.82) is 0 Å². The number of halogens is 2. The molecule has 3 aromatic rings. The van der Waals surface area contributed by atoms with E-state index in [2.05, 4.69) is 15.2 Å². The molecule has 3 rings (SSSR count). The molecule has 1 amide bonds. The molecule has 0 aliphatic carbocycles. The molecule has 2 N–H and O–H groups in total. The lowest BCUT2D eigenvalue weighted by Crippen LogP contribution is -1.92. The molecule has 0 aliphatic heterocycles. The standard InChI is InChI=1S/C15H9ClFN3O2/c16-9-3-1-8(2-4-9)14(21)20-19-13-11-6-5-10(17)7-12(11)18-15(13)22/h1-7,18,22H. The highest BCUT2D eigenvalue weighted by molar-refractivity contribution is 6.30. The Labute approximate surface area is 129 Å². The number of amides is 1. The van der Waals surface area contributed by atoms with Crippen molar-refractivity contribution in [3.63, 3.8) is 0 Å². The van der Waals surface area contributed by atoms with Crippen molar-refractivity contribution in [2.45, 2.75) is 0 Å². The molecule has 1 aromatic heterocycles. The SMILES string of the molecule is O=C(N=Nc1c(O)[nH]c2cc(F)ccc12)c1ccc(Cl)cc1. The number of azo groups is 1. The van der Waals surface area contributed by atoms with Gasteiger partial charge in [-0.15, -0.1) is 10.2 Å². The second-order valence-electron chi connectivity index (χ2n) is 4.52. The Morgan fingerprint density at radius 3 is 2.64 bits per heavy atom. The van der Waals surface area contributed by atoms with Crippen LogP contribution in [0, 0.1) is 5.82 Å². The van der Waals surface area contributed by atoms with Gasteiger partial charge in [-0.3, -0.25) is 4.79 Å². The van der Waals surface area contributed by atoms with Gasteiger partial charge in [-0.05, 0) is 42.5 Å². The highest BCUT2D eigenvalue weighted by Gasteiger charge is 2.12. The first-order chi connectivity index (χ1) is 10.5. The molecule has 22 heavy (non-hydrogen) atoms. The molecule has 0 saturated heterocycles. The molecule has 0 bridgehead atoms. The number of aromatic amines is 1. The third-order valence-corrected chi connectivity index (χ3v) is 3.30. The van der Waals surface area contributed by atoms with E-state index in [1.807, 2.05) is 0 Å². The lowest BCUT2D eigenvalue weighted by Gasteiger charge is -1.95. The van der Waals surface area contributed by atoms with Gasteiger partial charge in [0.1, 0.15) is 5.82 Å². The summed E-state index contributed by atoms with van der Waals surface area (Å²) >= 11 is 5.74. The predicted octanol–water partition coefficient (Wildman–Crippen LogP) is 4.59. The molecule has 2 aromatic carbocycles. The molecule has 0 aliphatic rings. The van der Waals surface area contributed by atoms with Crippen molar-refractivity contribution < 1.29 is 14.3 Å². The van der Waals surface area contributed by atoms with Gasteiger partial charge in [-0.2, -0.15) is 0 Å². The lowest BCUT2D eigenvalue weighted by molar-refractivity contribution is 0.0995. The van der Waals surface area contributed by atoms with Crippen LogP contribution in [0.4, 0.5) is 10.1 Å². The molecule has 7 heteroatoms. The molecule has 5 nitrogen and oxygen atoms in total. The zero-order chi connectivity index (χ0) is 15.7. The maximum absolute atomic E-state index is 13.1. The van der Waals surface area contributed by atoms with E-state index in [4.69, 9.17) is 11.6 Å². The summed E-state index contributed by atoms with van der Waals surface area (Å²) < 4.78 is 13.1. The number of hydrogen-bond acceptors (Lipinski definition) is 3. The molecule has 110 valence electrons. The van der Waals surface area contributed by atoms with Crippen LogP contribution in [0.5, 0.6) is 5.88 Å². The van der Waals surface area contributed by atoms with Gasteiger partial charge in [-0.1, -0.05) is 11.6 Å². The number of nitrogens with one attached hydrogen (secondary N) is 1. The summed E-state index contributed by atoms with van der Waals surface area (Å²) in [6, 6.07) is 10.1. The average molecular weight is 318 g/mol. The van der Waals surface area contributed by atoms with Gasteiger partial charge >= 0.3 is 0 Å². The van der Waals surface area contributed by atoms with Crippen LogP contribution in [0.3, 0.4) is 0 Å². The van der Waals surface area contributed by atoms with Crippen molar-refractivity contribution >= 4 is 34.1 Å². The summed E-state index contributed by atoms with van der Waals surface area (Å²) in [5.41, 5.74) is 0.765. The average Bonchev–Trinajstić information content (AvgIpc) is 2.80. The minimum absolute atomic E-state index is 0.0808. The van der Waals surface area contributed by atoms with Crippen molar-refractivity contribution in [1.82, 2.24) is 4.98 Å². The van der Waals surface area contributed by atoms with E-state index in [1.54, 1.807) is 12.1 Å². The Bertz CT molecular complexity index is 888. The molecular formula is C15H9ClFN3O2. The third-order valence-electron chi connectivity index (χ3n) is 3.05. The van der Waals surface area contributed by atoms with Crippen molar-refractivity contribution in [2.75, 3.05) is 0 Å². The van der Waals surface area contributed by atoms with Crippen molar-refractivity contribution in [3.8, 4) is 5.88 Å². The summed E-state index contributed by atoms with van der Waals surface area (Å²) in [6.07, 6.45) is 0. The van der Waals surface area contributed by atoms with E-state index in [0.717, 1.165) is 0 Å². The van der Waals surface area contributed by atoms with Gasteiger partial charge in [0.25, 0.3) is 5.91 Å². The van der Waals surface area contributed by atoms with Gasteiger partial charge in [0.15, 0.2) is 5.69 Å². The summed E-state index contributed by atoms with van der Waals surface area (Å²) in [5, 5.41) is 18.1. The first-order valence-corrected chi connectivity index (χ1v) is 6.64. The highest BCUT2D eigenvalue weighted by atomic mass is 35.5. The Balaban J connectivity index is 1.94. The second-order valence-corrected chi connectivity index (χ2v) is 4.96. The third kappa shape index (κ3) is 2.68. The van der Waals surface area contributed by atoms with E-state index in [9.17, 15) is 14.3 Å². The van der Waals surface area contributed by atoms with Crippen LogP contribution in [0.15, 0.2) is 52.7 Å². The summed E-state index contributed by atoms with van der Waals surface area (Å²) in [7, 11) is 0. The fourth-order valence-electron chi connectivity index (χ4n) is 1.99. The molecule has 0 saturated carbocycles. The zero-order valence-corrected chi connectivity index (χ0v) is 11.8. The Hall–Kier alpha value is -2.73. The van der Waals surface area contributed by atoms with E-state index < -0.39 is 11.7 Å². The number of carbonyl (C=O) groups excluding carboxylic acids is 1. The first-order valence-electron chi connectivity index (χ1n) is 6.26. The van der Waals surface area contributed by atoms with Crippen LogP contribution in [0.1, 0.15) is 10.4 Å². The smallest absolute Gasteiger partial charge is 0.295 e. The molecule has 0 spiro atoms. The summed E-state index contributed by atoms with van der Waals surface area (Å²) in [6.45, 7) is 0. The largest absolute Gasteiger partial charge is 0.493 e. The fourth-order valence-corrected chi connectivity index (χ4v) is 2.11. The Morgan fingerprint density at radius 2 is 1.91 bits per heavy atom. The number of hydrogen-bond donors (Lipinski definition) is 2. The molecule has 0 fully saturated rings. The number of benzene rings is 2. The number of nitrogens with zero attached hydrogens (tertiary/aromatic N) is 2. The monoisotopic (exact) mass is 317 g/mol. The summed E-state index contributed by atoms with van der Waals surface area (Å²) in [4.78, 5) is 14.5. The maximum Gasteiger partial charge on any atom is 0.295 e. The first kappa shape index (κ1) is 14.2. The molecule has 1 heterocycles. The Kier molecular flexibility index (Phi) is 3.60. The van der Waals surface area contributed by atoms with E-state index in [-0.39, 0.29) is 11.6 Å². The van der Waals surface area contributed by atoms with Crippen LogP contribution < -0.4 is 0 Å². The highest BCUT2D eigenvalue weighted by Crippen LogP contribution is 2.35. The number of H-pyrrole nitrogens is 1. The second kappa shape index (κ2) is 5.57. The van der Waals surface area contributed by atoms with Gasteiger partial charge < -0.3 is 10.1 Å². The van der Waals surface area contributed by atoms with Gasteiger partial charge in [0.2, 0.25) is 5.88 Å². The van der Waals surface area contributed by atoms with E-state index >= 15 is 0 Å². The number of carbonyl (C=O) groups is 1. The van der Waals surface area contributed by atoms with E-state index in [1.165, 1.54) is 30.3 Å². The van der Waals surface area contributed by atoms with E-state index in [0.29, 0.717) is 21.5 Å². The van der Waals surface area contributed by atoms with Gasteiger partial charge in [0.05, 0.1) is 5.52 Å². The van der Waals surface area contributed by atoms with Gasteiger partial charge in [0, 0.05) is 16.0 Å². The maximum atomic E-state index is 13.1. The molecule has 0 radical (unpaired) electrons. The lowest BCUT2D eigenvalue weighted by atomic mass is 10.2. The number of rotatable bonds is 2. The van der Waals surface area contributed by atoms with Crippen LogP contribution in [-0.4, -0.2) is 16.0 Å². The van der Waals surface area contributed by atoms with Crippen LogP contribution >= 0.6 is 11.6 Å². The topological polar surface area (TPSA) is 77.8 Å². The molecular weight excluding hydrogens is 309 g/mol. The van der Waals surface area contributed by atoms with Crippen molar-refractivity contribution in [3.05, 3.63) is 58.9 Å². The fraction of sp³-hybridized carbons (Fsp3) is 0. The number of aromatic nitrogens is 1. The van der Waals surface area contributed by atoms with Crippen molar-refractivity contribution in [2.24, 2.45) is 10.2 Å². The van der Waals surface area contributed by atoms with Crippen LogP contribution in [-0.2, 0) is 0 Å². The quantitative estimate of drug-likeness (QED) is 0.678. The van der Waals surface area contributed by atoms with Crippen LogP contribution in [0.2, 0.25) is 5.02 Å². The molecule has 0 atom stereocenters. The normalized spacial score (nSPS) is 11.4. The molecule has 0 unspecified atom stereocenters. The Morgan fingerprint density at radius 1 is 1.18 bits per heavy atom. The minimum atomic E-state index is -0.576. The number of fused-ring (bicyclic) bond motifs is 1.